The van der Waals surface area contributed by atoms with Crippen LogP contribution >= 0.6 is 12.2 Å². The zero-order valence-electron chi connectivity index (χ0n) is 16.2. The molecule has 26 heavy (non-hydrogen) atoms. The molecule has 1 aliphatic carbocycles. The van der Waals surface area contributed by atoms with Crippen LogP contribution in [0.4, 0.5) is 0 Å². The van der Waals surface area contributed by atoms with Gasteiger partial charge in [-0.3, -0.25) is 15.0 Å². The van der Waals surface area contributed by atoms with Crippen molar-refractivity contribution in [1.82, 2.24) is 14.5 Å². The monoisotopic (exact) mass is 370 g/mol. The van der Waals surface area contributed by atoms with Crippen LogP contribution in [0.3, 0.4) is 0 Å². The second kappa shape index (κ2) is 7.20. The molecule has 1 saturated heterocycles. The summed E-state index contributed by atoms with van der Waals surface area (Å²) in [6.45, 7) is 10.8. The van der Waals surface area contributed by atoms with Gasteiger partial charge in [0.1, 0.15) is 0 Å². The van der Waals surface area contributed by atoms with E-state index in [1.165, 1.54) is 35.9 Å². The summed E-state index contributed by atoms with van der Waals surface area (Å²) in [5, 5.41) is 2.26. The molecule has 0 radical (unpaired) electrons. The lowest BCUT2D eigenvalue weighted by atomic mass is 9.75. The molecule has 4 nitrogen and oxygen atoms in total. The number of benzene rings is 1. The Morgan fingerprint density at radius 2 is 2.08 bits per heavy atom. The van der Waals surface area contributed by atoms with Crippen molar-refractivity contribution in [1.29, 1.82) is 0 Å². The summed E-state index contributed by atoms with van der Waals surface area (Å²) < 4.78 is 2.16. The largest absolute Gasteiger partial charge is 0.348 e. The zero-order valence-corrected chi connectivity index (χ0v) is 17.0. The number of likely N-dealkylation sites (tertiary alicyclic amines) is 1. The Morgan fingerprint density at radius 3 is 2.81 bits per heavy atom. The van der Waals surface area contributed by atoms with Gasteiger partial charge in [-0.15, -0.1) is 0 Å². The van der Waals surface area contributed by atoms with Crippen molar-refractivity contribution in [2.75, 3.05) is 31.6 Å². The molecule has 1 aliphatic heterocycles. The van der Waals surface area contributed by atoms with Gasteiger partial charge in [0.15, 0.2) is 5.11 Å². The molecule has 1 N–H and O–H groups in total. The van der Waals surface area contributed by atoms with E-state index in [0.29, 0.717) is 12.0 Å². The van der Waals surface area contributed by atoms with Gasteiger partial charge in [-0.05, 0) is 75.6 Å². The molecule has 2 aliphatic rings. The number of nitrogens with zero attached hydrogens (tertiary/aromatic N) is 3. The highest BCUT2D eigenvalue weighted by atomic mass is 32.1. The second-order valence-corrected chi connectivity index (χ2v) is 7.89. The standard InChI is InChI=1S/C21H30N4S/c1-4-23(5-2)21(26)22-25-14-15-13-19-16(10-8-12-24(19)6-3)17-9-7-11-18(25)20(15)17/h7,9,11,14,16,19H,4-6,8,10,12-13H2,1-3H3,(H,22,26)/t16-,19-/m1/s1. The fraction of sp³-hybridized carbons (Fsp3) is 0.571. The van der Waals surface area contributed by atoms with Gasteiger partial charge in [-0.1, -0.05) is 19.1 Å². The molecule has 2 aromatic rings. The first-order valence-electron chi connectivity index (χ1n) is 10.1. The average Bonchev–Trinajstić information content (AvgIpc) is 3.01. The Labute approximate surface area is 162 Å². The van der Waals surface area contributed by atoms with Crippen molar-refractivity contribution >= 4 is 28.2 Å². The number of thiocarbonyl (C=S) groups is 1. The maximum absolute atomic E-state index is 5.64. The van der Waals surface area contributed by atoms with Crippen molar-refractivity contribution in [3.63, 3.8) is 0 Å². The highest BCUT2D eigenvalue weighted by Gasteiger charge is 2.37. The number of aromatic nitrogens is 1. The van der Waals surface area contributed by atoms with E-state index in [-0.39, 0.29) is 0 Å². The van der Waals surface area contributed by atoms with Crippen LogP contribution in [0.1, 0.15) is 50.7 Å². The Hall–Kier alpha value is -1.59. The summed E-state index contributed by atoms with van der Waals surface area (Å²) in [4.78, 5) is 4.87. The third-order valence-corrected chi connectivity index (χ3v) is 6.69. The molecular formula is C21H30N4S. The SMILES string of the molecule is CCN(CC)C(=S)Nn1cc2c3c(cccc31)[C@H]1CCCN(CC)[C@@H]1C2. The quantitative estimate of drug-likeness (QED) is 0.824. The number of rotatable bonds is 4. The first kappa shape index (κ1) is 17.8. The lowest BCUT2D eigenvalue weighted by Crippen LogP contribution is -2.46. The Morgan fingerprint density at radius 1 is 1.27 bits per heavy atom. The number of nitrogens with one attached hydrogen (secondary N) is 1. The van der Waals surface area contributed by atoms with E-state index < -0.39 is 0 Å². The molecule has 4 rings (SSSR count). The van der Waals surface area contributed by atoms with Crippen LogP contribution in [0.5, 0.6) is 0 Å². The summed E-state index contributed by atoms with van der Waals surface area (Å²) in [6, 6.07) is 7.45. The number of hydrogen-bond donors (Lipinski definition) is 1. The molecule has 140 valence electrons. The average molecular weight is 371 g/mol. The van der Waals surface area contributed by atoms with Gasteiger partial charge >= 0.3 is 0 Å². The van der Waals surface area contributed by atoms with E-state index in [4.69, 9.17) is 12.2 Å². The third-order valence-electron chi connectivity index (χ3n) is 6.34. The minimum Gasteiger partial charge on any atom is -0.348 e. The predicted molar refractivity (Wildman–Crippen MR) is 114 cm³/mol. The zero-order chi connectivity index (χ0) is 18.3. The molecule has 0 amide bonds. The molecule has 0 unspecified atom stereocenters. The molecule has 1 aromatic heterocycles. The lowest BCUT2D eigenvalue weighted by molar-refractivity contribution is 0.131. The topological polar surface area (TPSA) is 23.4 Å². The van der Waals surface area contributed by atoms with E-state index in [9.17, 15) is 0 Å². The van der Waals surface area contributed by atoms with Crippen molar-refractivity contribution in [3.8, 4) is 0 Å². The molecule has 1 fully saturated rings. The summed E-state index contributed by atoms with van der Waals surface area (Å²) in [5.74, 6) is 0.672. The van der Waals surface area contributed by atoms with E-state index in [0.717, 1.165) is 31.2 Å². The Balaban J connectivity index is 1.73. The molecular weight excluding hydrogens is 340 g/mol. The van der Waals surface area contributed by atoms with Crippen molar-refractivity contribution in [3.05, 3.63) is 35.5 Å². The van der Waals surface area contributed by atoms with E-state index >= 15 is 0 Å². The molecule has 2 heterocycles. The molecule has 5 heteroatoms. The fourth-order valence-electron chi connectivity index (χ4n) is 5.02. The summed E-state index contributed by atoms with van der Waals surface area (Å²) in [5.41, 5.74) is 7.73. The molecule has 2 atom stereocenters. The normalized spacial score (nSPS) is 22.3. The highest BCUT2D eigenvalue weighted by Crippen LogP contribution is 2.43. The number of hydrogen-bond acceptors (Lipinski definition) is 2. The first-order chi connectivity index (χ1) is 12.7. The fourth-order valence-corrected chi connectivity index (χ4v) is 5.37. The first-order valence-corrected chi connectivity index (χ1v) is 10.5. The van der Waals surface area contributed by atoms with Crippen LogP contribution in [0.15, 0.2) is 24.4 Å². The maximum Gasteiger partial charge on any atom is 0.188 e. The van der Waals surface area contributed by atoms with Crippen LogP contribution in [-0.4, -0.2) is 51.8 Å². The molecule has 0 saturated carbocycles. The number of piperidine rings is 1. The van der Waals surface area contributed by atoms with Crippen LogP contribution in [-0.2, 0) is 6.42 Å². The van der Waals surface area contributed by atoms with Gasteiger partial charge < -0.3 is 4.90 Å². The second-order valence-electron chi connectivity index (χ2n) is 7.50. The minimum absolute atomic E-state index is 0.650. The molecule has 1 aromatic carbocycles. The van der Waals surface area contributed by atoms with Gasteiger partial charge in [-0.2, -0.15) is 0 Å². The summed E-state index contributed by atoms with van der Waals surface area (Å²) >= 11 is 5.64. The van der Waals surface area contributed by atoms with Crippen molar-refractivity contribution < 1.29 is 0 Å². The third kappa shape index (κ3) is 2.81. The highest BCUT2D eigenvalue weighted by molar-refractivity contribution is 7.80. The summed E-state index contributed by atoms with van der Waals surface area (Å²) in [6.07, 6.45) is 6.06. The van der Waals surface area contributed by atoms with E-state index in [1.54, 1.807) is 5.56 Å². The van der Waals surface area contributed by atoms with Crippen LogP contribution < -0.4 is 5.43 Å². The van der Waals surface area contributed by atoms with Crippen LogP contribution in [0.2, 0.25) is 0 Å². The summed E-state index contributed by atoms with van der Waals surface area (Å²) in [7, 11) is 0. The smallest absolute Gasteiger partial charge is 0.188 e. The molecule has 0 spiro atoms. The van der Waals surface area contributed by atoms with Gasteiger partial charge in [-0.25, -0.2) is 0 Å². The van der Waals surface area contributed by atoms with Crippen molar-refractivity contribution in [2.24, 2.45) is 0 Å². The number of likely N-dealkylation sites (N-methyl/N-ethyl adjacent to an activating group) is 1. The molecule has 0 bridgehead atoms. The maximum atomic E-state index is 5.64. The Bertz CT molecular complexity index is 808. The van der Waals surface area contributed by atoms with Gasteiger partial charge in [0.05, 0.1) is 5.52 Å². The minimum atomic E-state index is 0.650. The van der Waals surface area contributed by atoms with Crippen LogP contribution in [0, 0.1) is 0 Å². The van der Waals surface area contributed by atoms with E-state index in [1.807, 2.05) is 0 Å². The van der Waals surface area contributed by atoms with Crippen LogP contribution in [0.25, 0.3) is 10.9 Å². The number of fused-ring (bicyclic) bond motifs is 2. The van der Waals surface area contributed by atoms with E-state index in [2.05, 4.69) is 65.1 Å². The van der Waals surface area contributed by atoms with Crippen molar-refractivity contribution in [2.45, 2.75) is 52.0 Å². The lowest BCUT2D eigenvalue weighted by Gasteiger charge is -2.43. The van der Waals surface area contributed by atoms with Gasteiger partial charge in [0.2, 0.25) is 0 Å². The van der Waals surface area contributed by atoms with Gasteiger partial charge in [0.25, 0.3) is 0 Å². The predicted octanol–water partition coefficient (Wildman–Crippen LogP) is 3.94. The van der Waals surface area contributed by atoms with Gasteiger partial charge in [0, 0.05) is 36.6 Å². The Kier molecular flexibility index (Phi) is 4.93.